The van der Waals surface area contributed by atoms with Crippen LogP contribution < -0.4 is 11.1 Å². The van der Waals surface area contributed by atoms with Crippen LogP contribution >= 0.6 is 0 Å². The van der Waals surface area contributed by atoms with Gasteiger partial charge < -0.3 is 21.1 Å². The van der Waals surface area contributed by atoms with Crippen molar-refractivity contribution in [3.8, 4) is 0 Å². The van der Waals surface area contributed by atoms with Gasteiger partial charge in [0.05, 0.1) is 5.56 Å². The van der Waals surface area contributed by atoms with Gasteiger partial charge in [-0.25, -0.2) is 4.79 Å². The fourth-order valence-electron chi connectivity index (χ4n) is 6.25. The molecule has 0 aromatic heterocycles. The molecule has 4 rings (SSSR count). The maximum atomic E-state index is 13.6. The maximum absolute atomic E-state index is 13.6. The summed E-state index contributed by atoms with van der Waals surface area (Å²) in [6.45, 7) is 1.33. The number of carbonyl (C=O) groups excluding carboxylic acids is 2. The van der Waals surface area contributed by atoms with Crippen LogP contribution in [0.2, 0.25) is 0 Å². The molecule has 2 atom stereocenters. The first-order valence-electron chi connectivity index (χ1n) is 12.6. The zero-order chi connectivity index (χ0) is 23.4. The monoisotopic (exact) mass is 455 g/mol. The van der Waals surface area contributed by atoms with E-state index in [9.17, 15) is 14.4 Å². The molecule has 1 aliphatic heterocycles. The summed E-state index contributed by atoms with van der Waals surface area (Å²) in [4.78, 5) is 40.1. The summed E-state index contributed by atoms with van der Waals surface area (Å²) < 4.78 is 0. The van der Waals surface area contributed by atoms with Gasteiger partial charge in [-0.15, -0.1) is 0 Å². The third-order valence-corrected chi connectivity index (χ3v) is 8.18. The minimum Gasteiger partial charge on any atom is -0.478 e. The topological polar surface area (TPSA) is 113 Å². The number of rotatable bonds is 6. The Labute approximate surface area is 196 Å². The van der Waals surface area contributed by atoms with Crippen LogP contribution in [0.3, 0.4) is 0 Å². The van der Waals surface area contributed by atoms with Gasteiger partial charge in [-0.05, 0) is 80.7 Å². The van der Waals surface area contributed by atoms with Gasteiger partial charge in [0.2, 0.25) is 11.8 Å². The number of amides is 2. The van der Waals surface area contributed by atoms with E-state index >= 15 is 0 Å². The standard InChI is InChI=1S/C26H37N3O4/c27-16-17-6-8-19(9-7-17)25(31)29-15-14-22(18-4-2-1-3-5-18)23(29)24(30)28-21-12-10-20(11-13-21)26(32)33/h10-13,17-19,22-23H,1-9,14-16,27H2,(H,28,30)(H,32,33)/t17?,19?,22-,23-/m0/s1. The number of nitrogens with zero attached hydrogens (tertiary/aromatic N) is 1. The number of carbonyl (C=O) groups is 3. The highest BCUT2D eigenvalue weighted by Crippen LogP contribution is 2.41. The van der Waals surface area contributed by atoms with Crippen molar-refractivity contribution in [3.63, 3.8) is 0 Å². The zero-order valence-electron chi connectivity index (χ0n) is 19.4. The Morgan fingerprint density at radius 1 is 0.939 bits per heavy atom. The lowest BCUT2D eigenvalue weighted by Crippen LogP contribution is -2.49. The minimum absolute atomic E-state index is 0.0111. The van der Waals surface area contributed by atoms with Crippen molar-refractivity contribution in [3.05, 3.63) is 29.8 Å². The van der Waals surface area contributed by atoms with E-state index in [1.807, 2.05) is 4.90 Å². The lowest BCUT2D eigenvalue weighted by molar-refractivity contribution is -0.142. The molecule has 7 nitrogen and oxygen atoms in total. The highest BCUT2D eigenvalue weighted by atomic mass is 16.4. The van der Waals surface area contributed by atoms with E-state index in [0.29, 0.717) is 30.6 Å². The quantitative estimate of drug-likeness (QED) is 0.602. The average molecular weight is 456 g/mol. The van der Waals surface area contributed by atoms with E-state index in [-0.39, 0.29) is 29.2 Å². The van der Waals surface area contributed by atoms with Gasteiger partial charge in [0.1, 0.15) is 6.04 Å². The molecule has 2 amide bonds. The Bertz CT molecular complexity index is 842. The zero-order valence-corrected chi connectivity index (χ0v) is 19.4. The van der Waals surface area contributed by atoms with E-state index in [4.69, 9.17) is 10.8 Å². The fraction of sp³-hybridized carbons (Fsp3) is 0.654. The Kier molecular flexibility index (Phi) is 7.68. The SMILES string of the molecule is NCC1CCC(C(=O)N2CC[C@@H](C3CCCCC3)[C@H]2C(=O)Nc2ccc(C(=O)O)cc2)CC1. The third kappa shape index (κ3) is 5.40. The summed E-state index contributed by atoms with van der Waals surface area (Å²) in [7, 11) is 0. The number of hydrogen-bond acceptors (Lipinski definition) is 4. The Morgan fingerprint density at radius 2 is 1.61 bits per heavy atom. The second kappa shape index (κ2) is 10.7. The molecule has 0 spiro atoms. The molecular weight excluding hydrogens is 418 g/mol. The molecule has 1 aromatic rings. The van der Waals surface area contributed by atoms with E-state index in [1.165, 1.54) is 31.4 Å². The Hall–Kier alpha value is -2.41. The lowest BCUT2D eigenvalue weighted by Gasteiger charge is -2.36. The van der Waals surface area contributed by atoms with Gasteiger partial charge in [0, 0.05) is 18.2 Å². The van der Waals surface area contributed by atoms with Crippen LogP contribution in [0.25, 0.3) is 0 Å². The van der Waals surface area contributed by atoms with Crippen molar-refractivity contribution < 1.29 is 19.5 Å². The molecule has 3 aliphatic rings. The molecule has 7 heteroatoms. The van der Waals surface area contributed by atoms with E-state index in [2.05, 4.69) is 5.32 Å². The number of benzene rings is 1. The van der Waals surface area contributed by atoms with Gasteiger partial charge in [-0.2, -0.15) is 0 Å². The molecule has 180 valence electrons. The Morgan fingerprint density at radius 3 is 2.21 bits per heavy atom. The highest BCUT2D eigenvalue weighted by Gasteiger charge is 2.46. The lowest BCUT2D eigenvalue weighted by atomic mass is 9.76. The number of likely N-dealkylation sites (tertiary alicyclic amines) is 1. The van der Waals surface area contributed by atoms with Crippen LogP contribution in [0.5, 0.6) is 0 Å². The molecule has 1 aromatic carbocycles. The molecule has 0 bridgehead atoms. The van der Waals surface area contributed by atoms with Crippen molar-refractivity contribution in [2.45, 2.75) is 70.3 Å². The predicted octanol–water partition coefficient (Wildman–Crippen LogP) is 3.89. The van der Waals surface area contributed by atoms with Crippen molar-refractivity contribution >= 4 is 23.5 Å². The average Bonchev–Trinajstić information content (AvgIpc) is 3.30. The number of anilines is 1. The molecule has 2 saturated carbocycles. The predicted molar refractivity (Wildman–Crippen MR) is 127 cm³/mol. The van der Waals surface area contributed by atoms with Crippen molar-refractivity contribution in [2.24, 2.45) is 29.4 Å². The third-order valence-electron chi connectivity index (χ3n) is 8.18. The maximum Gasteiger partial charge on any atom is 0.335 e. The molecular formula is C26H37N3O4. The summed E-state index contributed by atoms with van der Waals surface area (Å²) >= 11 is 0. The molecule has 33 heavy (non-hydrogen) atoms. The van der Waals surface area contributed by atoms with E-state index in [1.54, 1.807) is 12.1 Å². The summed E-state index contributed by atoms with van der Waals surface area (Å²) in [6.07, 6.45) is 10.5. The van der Waals surface area contributed by atoms with Gasteiger partial charge in [0.15, 0.2) is 0 Å². The molecule has 3 fully saturated rings. The molecule has 1 heterocycles. The number of aromatic carboxylic acids is 1. The summed E-state index contributed by atoms with van der Waals surface area (Å²) in [5.74, 6) is 0.156. The number of nitrogens with two attached hydrogens (primary N) is 1. The van der Waals surface area contributed by atoms with Crippen LogP contribution in [-0.4, -0.2) is 46.9 Å². The van der Waals surface area contributed by atoms with Gasteiger partial charge in [-0.1, -0.05) is 32.1 Å². The van der Waals surface area contributed by atoms with E-state index < -0.39 is 12.0 Å². The summed E-state index contributed by atoms with van der Waals surface area (Å²) in [5, 5.41) is 12.1. The van der Waals surface area contributed by atoms with E-state index in [0.717, 1.165) is 44.9 Å². The first kappa shape index (κ1) is 23.7. The first-order chi connectivity index (χ1) is 16.0. The van der Waals surface area contributed by atoms with Crippen LogP contribution in [0.15, 0.2) is 24.3 Å². The number of hydrogen-bond donors (Lipinski definition) is 3. The number of nitrogens with one attached hydrogen (secondary N) is 1. The van der Waals surface area contributed by atoms with Crippen LogP contribution in [0.1, 0.15) is 74.6 Å². The van der Waals surface area contributed by atoms with Gasteiger partial charge >= 0.3 is 5.97 Å². The second-order valence-electron chi connectivity index (χ2n) is 10.2. The minimum atomic E-state index is -0.998. The number of carboxylic acid groups (broad SMARTS) is 1. The van der Waals surface area contributed by atoms with Crippen molar-refractivity contribution in [2.75, 3.05) is 18.4 Å². The van der Waals surface area contributed by atoms with Crippen molar-refractivity contribution in [1.29, 1.82) is 0 Å². The summed E-state index contributed by atoms with van der Waals surface area (Å²) in [6, 6.07) is 5.76. The number of carboxylic acids is 1. The molecule has 2 aliphatic carbocycles. The first-order valence-corrected chi connectivity index (χ1v) is 12.6. The van der Waals surface area contributed by atoms with Crippen LogP contribution in [-0.2, 0) is 9.59 Å². The second-order valence-corrected chi connectivity index (χ2v) is 10.2. The van der Waals surface area contributed by atoms with Crippen LogP contribution in [0.4, 0.5) is 5.69 Å². The molecule has 0 unspecified atom stereocenters. The van der Waals surface area contributed by atoms with Crippen LogP contribution in [0, 0.1) is 23.7 Å². The molecule has 4 N–H and O–H groups in total. The molecule has 1 saturated heterocycles. The highest BCUT2D eigenvalue weighted by molar-refractivity contribution is 5.98. The molecule has 0 radical (unpaired) electrons. The largest absolute Gasteiger partial charge is 0.478 e. The fourth-order valence-corrected chi connectivity index (χ4v) is 6.25. The van der Waals surface area contributed by atoms with Crippen molar-refractivity contribution in [1.82, 2.24) is 4.90 Å². The summed E-state index contributed by atoms with van der Waals surface area (Å²) in [5.41, 5.74) is 6.57. The van der Waals surface area contributed by atoms with Gasteiger partial charge in [0.25, 0.3) is 0 Å². The normalized spacial score (nSPS) is 28.5. The van der Waals surface area contributed by atoms with Gasteiger partial charge in [-0.3, -0.25) is 9.59 Å². The smallest absolute Gasteiger partial charge is 0.335 e. The Balaban J connectivity index is 1.51.